The number of rotatable bonds is 6. The van der Waals surface area contributed by atoms with E-state index in [-0.39, 0.29) is 11.6 Å². The van der Waals surface area contributed by atoms with Gasteiger partial charge in [0.15, 0.2) is 0 Å². The Labute approximate surface area is 195 Å². The fraction of sp³-hybridized carbons (Fsp3) is 0.444. The van der Waals surface area contributed by atoms with E-state index in [1.54, 1.807) is 12.1 Å². The highest BCUT2D eigenvalue weighted by molar-refractivity contribution is 6.74. The number of hydrogen-bond donors (Lipinski definition) is 0. The van der Waals surface area contributed by atoms with Gasteiger partial charge in [-0.3, -0.25) is 0 Å². The van der Waals surface area contributed by atoms with Crippen molar-refractivity contribution in [3.8, 4) is 5.75 Å². The molecule has 1 aliphatic heterocycles. The standard InChI is InChI=1S/C27H33BF2O3/c1-5-21-17-26(20-9-7-6-8-10-20)33-28(30,32-21)24-16-22(12-14-25(24)29)31-27-15-19(4)11-13-23(27)18(2)3/h6-10,12,14,16-19,23,27H,5,11,13,15H2,1-4H3/t19-,23+,27-,28?/m1/s1. The van der Waals surface area contributed by atoms with E-state index in [1.807, 2.05) is 37.3 Å². The lowest BCUT2D eigenvalue weighted by Crippen LogP contribution is -2.50. The first-order valence-corrected chi connectivity index (χ1v) is 12.1. The molecular formula is C27H33BF2O3. The van der Waals surface area contributed by atoms with Gasteiger partial charge in [-0.25, -0.2) is 4.39 Å². The molecule has 1 saturated carbocycles. The van der Waals surface area contributed by atoms with E-state index in [1.165, 1.54) is 18.6 Å². The Morgan fingerprint density at radius 2 is 1.91 bits per heavy atom. The van der Waals surface area contributed by atoms with Crippen molar-refractivity contribution < 1.29 is 22.4 Å². The summed E-state index contributed by atoms with van der Waals surface area (Å²) in [6.07, 6.45) is 5.36. The molecule has 4 atom stereocenters. The summed E-state index contributed by atoms with van der Waals surface area (Å²) in [6, 6.07) is 13.4. The molecule has 0 aromatic heterocycles. The summed E-state index contributed by atoms with van der Waals surface area (Å²) in [7, 11) is 0. The number of ether oxygens (including phenoxy) is 1. The number of allylic oxidation sites excluding steroid dienone is 2. The van der Waals surface area contributed by atoms with Crippen LogP contribution in [0.2, 0.25) is 0 Å². The van der Waals surface area contributed by atoms with Crippen LogP contribution in [0.15, 0.2) is 60.4 Å². The highest BCUT2D eigenvalue weighted by Gasteiger charge is 2.53. The second kappa shape index (κ2) is 9.70. The number of benzene rings is 2. The van der Waals surface area contributed by atoms with Crippen molar-refractivity contribution in [1.82, 2.24) is 0 Å². The van der Waals surface area contributed by atoms with E-state index in [0.717, 1.165) is 12.8 Å². The van der Waals surface area contributed by atoms with Crippen LogP contribution in [0.5, 0.6) is 5.75 Å². The Kier molecular flexibility index (Phi) is 6.92. The van der Waals surface area contributed by atoms with Gasteiger partial charge in [-0.2, -0.15) is 0 Å². The molecule has 6 heteroatoms. The van der Waals surface area contributed by atoms with Crippen LogP contribution in [-0.4, -0.2) is 18.7 Å². The van der Waals surface area contributed by atoms with E-state index < -0.39 is 12.6 Å². The Morgan fingerprint density at radius 3 is 2.61 bits per heavy atom. The molecule has 3 nitrogen and oxygen atoms in total. The van der Waals surface area contributed by atoms with Gasteiger partial charge in [-0.15, -0.1) is 0 Å². The van der Waals surface area contributed by atoms with Crippen LogP contribution in [0.3, 0.4) is 0 Å². The first-order valence-electron chi connectivity index (χ1n) is 12.1. The van der Waals surface area contributed by atoms with Crippen LogP contribution in [0.4, 0.5) is 8.71 Å². The largest absolute Gasteiger partial charge is 0.815 e. The van der Waals surface area contributed by atoms with Gasteiger partial charge >= 0.3 is 6.83 Å². The number of carbonyl (C=O) groups excluding carboxylic acids is 1. The van der Waals surface area contributed by atoms with Crippen LogP contribution in [0.1, 0.15) is 63.3 Å². The summed E-state index contributed by atoms with van der Waals surface area (Å²) in [5.41, 5.74) is 0.448. The highest BCUT2D eigenvalue weighted by atomic mass is 19.1. The number of hydrogen-bond acceptors (Lipinski definition) is 2. The summed E-state index contributed by atoms with van der Waals surface area (Å²) < 4.78 is 48.8. The van der Waals surface area contributed by atoms with Crippen molar-refractivity contribution in [3.05, 3.63) is 71.7 Å². The zero-order valence-electron chi connectivity index (χ0n) is 19.9. The van der Waals surface area contributed by atoms with Crippen molar-refractivity contribution in [3.63, 3.8) is 0 Å². The van der Waals surface area contributed by atoms with Crippen LogP contribution < -0.4 is 10.2 Å². The minimum absolute atomic E-state index is 0.0147. The lowest BCUT2D eigenvalue weighted by molar-refractivity contribution is -0.158. The summed E-state index contributed by atoms with van der Waals surface area (Å²) in [5.74, 6) is 1.91. The zero-order chi connectivity index (χ0) is 23.6. The van der Waals surface area contributed by atoms with Crippen LogP contribution in [0, 0.1) is 23.6 Å². The second-order valence-corrected chi connectivity index (χ2v) is 9.72. The third kappa shape index (κ3) is 5.15. The molecule has 2 aromatic rings. The van der Waals surface area contributed by atoms with E-state index >= 15 is 4.32 Å². The molecule has 0 bridgehead atoms. The van der Waals surface area contributed by atoms with Gasteiger partial charge in [-0.05, 0) is 67.3 Å². The van der Waals surface area contributed by atoms with Gasteiger partial charge in [0.2, 0.25) is 0 Å². The molecule has 33 heavy (non-hydrogen) atoms. The molecule has 0 amide bonds. The van der Waals surface area contributed by atoms with Gasteiger partial charge in [-0.1, -0.05) is 52.3 Å². The van der Waals surface area contributed by atoms with Gasteiger partial charge < -0.3 is 18.0 Å². The van der Waals surface area contributed by atoms with E-state index in [2.05, 4.69) is 20.8 Å². The lowest BCUT2D eigenvalue weighted by Gasteiger charge is -2.37. The van der Waals surface area contributed by atoms with Gasteiger partial charge in [0.05, 0.1) is 17.4 Å². The molecule has 2 aromatic carbocycles. The molecule has 1 unspecified atom stereocenters. The Hall–Kier alpha value is -2.63. The summed E-state index contributed by atoms with van der Waals surface area (Å²) >= 11 is 0. The third-order valence-electron chi connectivity index (χ3n) is 6.87. The van der Waals surface area contributed by atoms with Crippen LogP contribution in [-0.2, 0) is 4.65 Å². The second-order valence-electron chi connectivity index (χ2n) is 9.72. The normalized spacial score (nSPS) is 27.5. The molecule has 1 heterocycles. The van der Waals surface area contributed by atoms with Crippen molar-refractivity contribution in [1.29, 1.82) is 0 Å². The molecule has 0 saturated heterocycles. The van der Waals surface area contributed by atoms with E-state index in [9.17, 15) is 4.39 Å². The maximum Gasteiger partial charge on any atom is 0.815 e. The number of halogens is 2. The van der Waals surface area contributed by atoms with Gasteiger partial charge in [0, 0.05) is 5.46 Å². The predicted octanol–water partition coefficient (Wildman–Crippen LogP) is 6.52. The predicted molar refractivity (Wildman–Crippen MR) is 129 cm³/mol. The average molecular weight is 454 g/mol. The van der Waals surface area contributed by atoms with Crippen molar-refractivity contribution in [2.24, 2.45) is 17.8 Å². The molecule has 1 fully saturated rings. The fourth-order valence-corrected chi connectivity index (χ4v) is 4.95. The first-order chi connectivity index (χ1) is 15.8. The topological polar surface area (TPSA) is 29.8 Å². The van der Waals surface area contributed by atoms with Crippen LogP contribution in [0.25, 0.3) is 0 Å². The first kappa shape index (κ1) is 23.5. The molecule has 2 aliphatic rings. The van der Waals surface area contributed by atoms with Crippen molar-refractivity contribution in [2.45, 2.75) is 59.5 Å². The van der Waals surface area contributed by atoms with Gasteiger partial charge in [0.1, 0.15) is 17.7 Å². The monoisotopic (exact) mass is 454 g/mol. The fourth-order valence-electron chi connectivity index (χ4n) is 4.95. The molecule has 0 spiro atoms. The van der Waals surface area contributed by atoms with Crippen molar-refractivity contribution >= 4 is 18.1 Å². The lowest BCUT2D eigenvalue weighted by atomic mass is 9.71. The maximum atomic E-state index is 16.2. The number of ketones is 1. The third-order valence-corrected chi connectivity index (χ3v) is 6.87. The Bertz CT molecular complexity index is 1040. The maximum absolute atomic E-state index is 16.2. The molecule has 0 radical (unpaired) electrons. The highest BCUT2D eigenvalue weighted by Crippen LogP contribution is 2.36. The zero-order valence-corrected chi connectivity index (χ0v) is 19.9. The van der Waals surface area contributed by atoms with Crippen molar-refractivity contribution in [2.75, 3.05) is 0 Å². The molecular weight excluding hydrogens is 421 g/mol. The van der Waals surface area contributed by atoms with E-state index in [0.29, 0.717) is 47.0 Å². The van der Waals surface area contributed by atoms with Gasteiger partial charge in [0.25, 0.3) is 5.78 Å². The summed E-state index contributed by atoms with van der Waals surface area (Å²) in [5, 5.41) is 0. The summed E-state index contributed by atoms with van der Waals surface area (Å²) in [6.45, 7) is 4.90. The Morgan fingerprint density at radius 1 is 1.15 bits per heavy atom. The average Bonchev–Trinajstić information content (AvgIpc) is 2.80. The van der Waals surface area contributed by atoms with Crippen LogP contribution >= 0.6 is 0 Å². The molecule has 1 aliphatic carbocycles. The SMILES string of the molecule is CCC1=CC(c2ccccc2)=[O+][B-](F)(c2cc(O[C@@H]3C[C@H](C)CC[C@H]3C(C)C)ccc2F)O1. The minimum Gasteiger partial charge on any atom is -0.602 e. The Balaban J connectivity index is 1.68. The quantitative estimate of drug-likeness (QED) is 0.367. The van der Waals surface area contributed by atoms with E-state index in [4.69, 9.17) is 13.7 Å². The minimum atomic E-state index is -3.60. The molecule has 176 valence electrons. The molecule has 4 rings (SSSR count). The summed E-state index contributed by atoms with van der Waals surface area (Å²) in [4.78, 5) is 0. The smallest absolute Gasteiger partial charge is 0.602 e. The molecule has 0 N–H and O–H groups in total.